The summed E-state index contributed by atoms with van der Waals surface area (Å²) in [6.45, 7) is 9.46. The van der Waals surface area contributed by atoms with E-state index in [0.717, 1.165) is 0 Å². The van der Waals surface area contributed by atoms with E-state index in [4.69, 9.17) is 9.47 Å². The lowest BCUT2D eigenvalue weighted by Crippen LogP contribution is -2.66. The van der Waals surface area contributed by atoms with Crippen molar-refractivity contribution in [3.8, 4) is 0 Å². The molecule has 4 aliphatic carbocycles. The molecule has 0 amide bonds. The fourth-order valence-electron chi connectivity index (χ4n) is 7.41. The molecule has 0 aliphatic heterocycles. The Bertz CT molecular complexity index is 921. The fourth-order valence-corrected chi connectivity index (χ4v) is 7.41. The first-order valence-electron chi connectivity index (χ1n) is 11.2. The third-order valence-corrected chi connectivity index (χ3v) is 8.77. The third kappa shape index (κ3) is 2.64. The van der Waals surface area contributed by atoms with Crippen molar-refractivity contribution < 1.29 is 39.5 Å². The number of carbonyl (C=O) groups is 2. The van der Waals surface area contributed by atoms with Crippen LogP contribution in [0.15, 0.2) is 23.3 Å². The highest BCUT2D eigenvalue weighted by Gasteiger charge is 2.87. The van der Waals surface area contributed by atoms with Gasteiger partial charge in [0.05, 0.1) is 12.2 Å². The topological polar surface area (TPSA) is 134 Å². The van der Waals surface area contributed by atoms with Gasteiger partial charge in [0.25, 0.3) is 0 Å². The molecule has 0 bridgehead atoms. The summed E-state index contributed by atoms with van der Waals surface area (Å²) in [5, 5.41) is 45.0. The van der Waals surface area contributed by atoms with Crippen LogP contribution in [0.3, 0.4) is 0 Å². The molecule has 8 nitrogen and oxygen atoms in total. The summed E-state index contributed by atoms with van der Waals surface area (Å²) >= 11 is 0. The maximum atomic E-state index is 12.4. The standard InChI is InChI=1S/C24H34O8/c1-11-7-17-22(29,19(11)28)9-15(10-25)8-16-18-21(5,6)24(18,32-14(4)27)20(31-13(3)26)12(2)23(16,17)30/h7-8,12,16-20,25,28-30H,9-10H2,1-6H3/t12-,16+,17-,18-,19?,20-,22-,23-,24-/m1/s1. The first kappa shape index (κ1) is 23.4. The first-order valence-corrected chi connectivity index (χ1v) is 11.2. The van der Waals surface area contributed by atoms with Crippen LogP contribution in [-0.4, -0.2) is 68.0 Å². The van der Waals surface area contributed by atoms with Crippen LogP contribution in [-0.2, 0) is 19.1 Å². The summed E-state index contributed by atoms with van der Waals surface area (Å²) in [6.07, 6.45) is 1.29. The molecule has 0 aromatic rings. The lowest BCUT2D eigenvalue weighted by molar-refractivity contribution is -0.234. The van der Waals surface area contributed by atoms with Gasteiger partial charge in [-0.3, -0.25) is 9.59 Å². The van der Waals surface area contributed by atoms with E-state index in [-0.39, 0.29) is 13.0 Å². The quantitative estimate of drug-likeness (QED) is 0.368. The number of aliphatic hydroxyl groups excluding tert-OH is 2. The molecular formula is C24H34O8. The van der Waals surface area contributed by atoms with Crippen molar-refractivity contribution in [2.24, 2.45) is 29.1 Å². The van der Waals surface area contributed by atoms with E-state index in [9.17, 15) is 30.0 Å². The van der Waals surface area contributed by atoms with Crippen LogP contribution >= 0.6 is 0 Å². The summed E-state index contributed by atoms with van der Waals surface area (Å²) < 4.78 is 11.6. The number of carbonyl (C=O) groups excluding carboxylic acids is 2. The van der Waals surface area contributed by atoms with Gasteiger partial charge in [0.2, 0.25) is 0 Å². The zero-order valence-corrected chi connectivity index (χ0v) is 19.5. The normalized spacial score (nSPS) is 48.3. The molecule has 2 saturated carbocycles. The molecular weight excluding hydrogens is 416 g/mol. The predicted octanol–water partition coefficient (Wildman–Crippen LogP) is 0.863. The molecule has 178 valence electrons. The second kappa shape index (κ2) is 6.88. The Morgan fingerprint density at radius 2 is 1.78 bits per heavy atom. The number of hydrogen-bond acceptors (Lipinski definition) is 8. The van der Waals surface area contributed by atoms with Crippen molar-refractivity contribution in [1.82, 2.24) is 0 Å². The van der Waals surface area contributed by atoms with Gasteiger partial charge < -0.3 is 29.9 Å². The molecule has 1 unspecified atom stereocenters. The second-order valence-electron chi connectivity index (χ2n) is 10.8. The highest BCUT2D eigenvalue weighted by atomic mass is 16.6. The number of esters is 2. The Morgan fingerprint density at radius 3 is 2.31 bits per heavy atom. The van der Waals surface area contributed by atoms with Crippen LogP contribution in [0.4, 0.5) is 0 Å². The molecule has 32 heavy (non-hydrogen) atoms. The van der Waals surface area contributed by atoms with E-state index in [1.165, 1.54) is 13.8 Å². The summed E-state index contributed by atoms with van der Waals surface area (Å²) in [5.41, 5.74) is -4.14. The minimum Gasteiger partial charge on any atom is -0.458 e. The largest absolute Gasteiger partial charge is 0.458 e. The molecule has 0 saturated heterocycles. The Labute approximate surface area is 187 Å². The van der Waals surface area contributed by atoms with Crippen LogP contribution in [0, 0.1) is 29.1 Å². The van der Waals surface area contributed by atoms with Gasteiger partial charge in [0.1, 0.15) is 17.8 Å². The predicted molar refractivity (Wildman–Crippen MR) is 113 cm³/mol. The van der Waals surface area contributed by atoms with Gasteiger partial charge in [-0.25, -0.2) is 0 Å². The second-order valence-corrected chi connectivity index (χ2v) is 10.8. The summed E-state index contributed by atoms with van der Waals surface area (Å²) in [4.78, 5) is 24.2. The summed E-state index contributed by atoms with van der Waals surface area (Å²) in [7, 11) is 0. The molecule has 0 aromatic heterocycles. The van der Waals surface area contributed by atoms with Gasteiger partial charge in [0.15, 0.2) is 5.60 Å². The zero-order valence-electron chi connectivity index (χ0n) is 19.5. The maximum Gasteiger partial charge on any atom is 0.303 e. The average molecular weight is 451 g/mol. The molecule has 0 aromatic carbocycles. The number of ether oxygens (including phenoxy) is 2. The molecule has 0 heterocycles. The fraction of sp³-hybridized carbons (Fsp3) is 0.750. The van der Waals surface area contributed by atoms with Gasteiger partial charge >= 0.3 is 11.9 Å². The van der Waals surface area contributed by atoms with Crippen molar-refractivity contribution in [3.63, 3.8) is 0 Å². The van der Waals surface area contributed by atoms with Crippen LogP contribution in [0.5, 0.6) is 0 Å². The third-order valence-electron chi connectivity index (χ3n) is 8.77. The van der Waals surface area contributed by atoms with Gasteiger partial charge in [-0.1, -0.05) is 32.9 Å². The van der Waals surface area contributed by atoms with Crippen molar-refractivity contribution in [2.75, 3.05) is 6.61 Å². The maximum absolute atomic E-state index is 12.4. The lowest BCUT2D eigenvalue weighted by atomic mass is 9.59. The molecule has 8 heteroatoms. The number of hydrogen-bond donors (Lipinski definition) is 4. The average Bonchev–Trinajstić information content (AvgIpc) is 3.10. The van der Waals surface area contributed by atoms with E-state index in [2.05, 4.69) is 0 Å². The number of rotatable bonds is 3. The summed E-state index contributed by atoms with van der Waals surface area (Å²) in [6, 6.07) is 0. The van der Waals surface area contributed by atoms with E-state index in [0.29, 0.717) is 11.1 Å². The highest BCUT2D eigenvalue weighted by molar-refractivity contribution is 5.69. The Morgan fingerprint density at radius 1 is 1.16 bits per heavy atom. The summed E-state index contributed by atoms with van der Waals surface area (Å²) in [5.74, 6) is -3.76. The van der Waals surface area contributed by atoms with Gasteiger partial charge in [-0.15, -0.1) is 0 Å². The number of fused-ring (bicyclic) bond motifs is 5. The molecule has 0 radical (unpaired) electrons. The van der Waals surface area contributed by atoms with E-state index < -0.39 is 70.0 Å². The molecule has 2 fully saturated rings. The molecule has 4 aliphatic rings. The van der Waals surface area contributed by atoms with Gasteiger partial charge in [-0.05, 0) is 18.1 Å². The van der Waals surface area contributed by atoms with Gasteiger partial charge in [-0.2, -0.15) is 0 Å². The monoisotopic (exact) mass is 450 g/mol. The molecule has 4 rings (SSSR count). The molecule has 4 N–H and O–H groups in total. The number of aliphatic hydroxyl groups is 4. The first-order chi connectivity index (χ1) is 14.7. The smallest absolute Gasteiger partial charge is 0.303 e. The van der Waals surface area contributed by atoms with E-state index in [1.807, 2.05) is 13.8 Å². The zero-order chi connectivity index (χ0) is 24.0. The van der Waals surface area contributed by atoms with E-state index >= 15 is 0 Å². The van der Waals surface area contributed by atoms with Crippen molar-refractivity contribution in [1.29, 1.82) is 0 Å². The van der Waals surface area contributed by atoms with Crippen LogP contribution in [0.25, 0.3) is 0 Å². The minimum absolute atomic E-state index is 0.0132. The Kier molecular flexibility index (Phi) is 5.04. The highest BCUT2D eigenvalue weighted by Crippen LogP contribution is 2.77. The van der Waals surface area contributed by atoms with Gasteiger partial charge in [0, 0.05) is 49.4 Å². The SMILES string of the molecule is CC(=O)O[C@@H]1[C@@H](C)[C@@]2(O)[C@@H](C=C(CO)C[C@]3(O)C(O)C(C)=C[C@@H]23)[C@@H]2C(C)(C)[C@]12OC(C)=O. The van der Waals surface area contributed by atoms with Crippen LogP contribution in [0.1, 0.15) is 48.0 Å². The van der Waals surface area contributed by atoms with Crippen LogP contribution < -0.4 is 0 Å². The van der Waals surface area contributed by atoms with Crippen molar-refractivity contribution in [2.45, 2.75) is 77.0 Å². The van der Waals surface area contributed by atoms with E-state index in [1.54, 1.807) is 26.0 Å². The lowest BCUT2D eigenvalue weighted by Gasteiger charge is -2.53. The van der Waals surface area contributed by atoms with Crippen molar-refractivity contribution >= 4 is 11.9 Å². The van der Waals surface area contributed by atoms with Crippen molar-refractivity contribution in [3.05, 3.63) is 23.3 Å². The Hall–Kier alpha value is -1.74. The van der Waals surface area contributed by atoms with Crippen LogP contribution in [0.2, 0.25) is 0 Å². The molecule has 9 atom stereocenters. The Balaban J connectivity index is 1.96. The minimum atomic E-state index is -1.72. The molecule has 0 spiro atoms.